The molecule has 0 aromatic carbocycles. The normalized spacial score (nSPS) is 11.9. The quantitative estimate of drug-likeness (QED) is 0.602. The van der Waals surface area contributed by atoms with E-state index >= 15 is 0 Å². The van der Waals surface area contributed by atoms with Crippen LogP contribution in [0.2, 0.25) is 0 Å². The number of ether oxygens (including phenoxy) is 1. The highest BCUT2D eigenvalue weighted by Gasteiger charge is 2.09. The summed E-state index contributed by atoms with van der Waals surface area (Å²) in [5.41, 5.74) is 5.82. The number of aromatic nitrogens is 2. The van der Waals surface area contributed by atoms with Crippen molar-refractivity contribution < 1.29 is 9.53 Å². The molecule has 1 aromatic heterocycles. The van der Waals surface area contributed by atoms with E-state index < -0.39 is 0 Å². The third-order valence-electron chi connectivity index (χ3n) is 2.13. The number of methoxy groups -OCH3 is 1. The Labute approximate surface area is 99.7 Å². The van der Waals surface area contributed by atoms with E-state index in [2.05, 4.69) is 20.8 Å². The van der Waals surface area contributed by atoms with Crippen LogP contribution in [0.4, 0.5) is 5.82 Å². The molecule has 1 aromatic rings. The lowest BCUT2D eigenvalue weighted by Crippen LogP contribution is -2.33. The van der Waals surface area contributed by atoms with E-state index in [0.29, 0.717) is 19.0 Å². The van der Waals surface area contributed by atoms with Crippen molar-refractivity contribution in [3.05, 3.63) is 17.8 Å². The van der Waals surface area contributed by atoms with Crippen molar-refractivity contribution in [3.63, 3.8) is 0 Å². The Kier molecular flexibility index (Phi) is 5.31. The minimum absolute atomic E-state index is 0.0276. The maximum Gasteiger partial charge on any atom is 0.271 e. The van der Waals surface area contributed by atoms with Crippen molar-refractivity contribution in [2.24, 2.45) is 5.73 Å². The van der Waals surface area contributed by atoms with Crippen molar-refractivity contribution in [3.8, 4) is 0 Å². The lowest BCUT2D eigenvalue weighted by molar-refractivity contribution is 0.0957. The van der Waals surface area contributed by atoms with E-state index in [1.165, 1.54) is 0 Å². The summed E-state index contributed by atoms with van der Waals surface area (Å²) in [6.07, 6.45) is 0. The molecule has 7 nitrogen and oxygen atoms in total. The molecule has 0 radical (unpaired) electrons. The Morgan fingerprint density at radius 3 is 2.76 bits per heavy atom. The summed E-state index contributed by atoms with van der Waals surface area (Å²) >= 11 is 0. The number of hydrogen-bond acceptors (Lipinski definition) is 6. The van der Waals surface area contributed by atoms with E-state index in [-0.39, 0.29) is 17.6 Å². The van der Waals surface area contributed by atoms with Crippen molar-refractivity contribution in [2.45, 2.75) is 6.04 Å². The van der Waals surface area contributed by atoms with Crippen LogP contribution in [-0.4, -0.2) is 49.5 Å². The van der Waals surface area contributed by atoms with Crippen LogP contribution in [-0.2, 0) is 4.74 Å². The first-order valence-corrected chi connectivity index (χ1v) is 5.22. The molecule has 0 fully saturated rings. The van der Waals surface area contributed by atoms with Gasteiger partial charge in [-0.05, 0) is 12.1 Å². The van der Waals surface area contributed by atoms with Crippen LogP contribution in [0.3, 0.4) is 0 Å². The van der Waals surface area contributed by atoms with Crippen LogP contribution in [0.25, 0.3) is 0 Å². The average molecular weight is 239 g/mol. The molecule has 17 heavy (non-hydrogen) atoms. The third kappa shape index (κ3) is 3.97. The first-order chi connectivity index (χ1) is 8.21. The van der Waals surface area contributed by atoms with Gasteiger partial charge in [-0.2, -0.15) is 0 Å². The third-order valence-corrected chi connectivity index (χ3v) is 2.13. The Balaban J connectivity index is 2.64. The molecule has 0 saturated carbocycles. The molecule has 4 N–H and O–H groups in total. The fourth-order valence-electron chi connectivity index (χ4n) is 1.24. The molecule has 0 aliphatic rings. The second kappa shape index (κ2) is 6.77. The molecule has 0 aliphatic carbocycles. The second-order valence-corrected chi connectivity index (χ2v) is 3.42. The number of nitrogens with zero attached hydrogens (tertiary/aromatic N) is 2. The smallest absolute Gasteiger partial charge is 0.271 e. The molecule has 0 saturated heterocycles. The molecular formula is C10H17N5O2. The number of carbonyl (C=O) groups excluding carboxylic acids is 1. The maximum absolute atomic E-state index is 11.2. The largest absolute Gasteiger partial charge is 0.383 e. The van der Waals surface area contributed by atoms with Crippen molar-refractivity contribution >= 4 is 11.7 Å². The number of amides is 1. The van der Waals surface area contributed by atoms with Gasteiger partial charge in [-0.25, -0.2) is 0 Å². The summed E-state index contributed by atoms with van der Waals surface area (Å²) in [6, 6.07) is 3.24. The van der Waals surface area contributed by atoms with Gasteiger partial charge in [0.05, 0.1) is 12.6 Å². The molecule has 0 spiro atoms. The predicted molar refractivity (Wildman–Crippen MR) is 63.8 cm³/mol. The van der Waals surface area contributed by atoms with Gasteiger partial charge < -0.3 is 21.1 Å². The molecule has 1 amide bonds. The molecule has 94 valence electrons. The number of hydrogen-bond donors (Lipinski definition) is 3. The number of nitrogens with one attached hydrogen (secondary N) is 2. The first-order valence-electron chi connectivity index (χ1n) is 5.22. The van der Waals surface area contributed by atoms with Crippen molar-refractivity contribution in [2.75, 3.05) is 32.6 Å². The Morgan fingerprint density at radius 1 is 1.53 bits per heavy atom. The van der Waals surface area contributed by atoms with Gasteiger partial charge in [0.15, 0.2) is 5.69 Å². The van der Waals surface area contributed by atoms with E-state index in [1.54, 1.807) is 26.3 Å². The Morgan fingerprint density at radius 2 is 2.29 bits per heavy atom. The van der Waals surface area contributed by atoms with Gasteiger partial charge in [-0.3, -0.25) is 4.79 Å². The molecule has 1 unspecified atom stereocenters. The van der Waals surface area contributed by atoms with Gasteiger partial charge in [0.1, 0.15) is 5.82 Å². The van der Waals surface area contributed by atoms with Gasteiger partial charge in [0.2, 0.25) is 0 Å². The summed E-state index contributed by atoms with van der Waals surface area (Å²) < 4.78 is 4.99. The summed E-state index contributed by atoms with van der Waals surface area (Å²) in [6.45, 7) is 0.905. The average Bonchev–Trinajstić information content (AvgIpc) is 2.38. The highest BCUT2D eigenvalue weighted by atomic mass is 16.5. The van der Waals surface area contributed by atoms with Crippen LogP contribution in [0.5, 0.6) is 0 Å². The molecular weight excluding hydrogens is 222 g/mol. The maximum atomic E-state index is 11.2. The number of rotatable bonds is 6. The van der Waals surface area contributed by atoms with Crippen LogP contribution in [0, 0.1) is 0 Å². The Hall–Kier alpha value is -1.73. The fraction of sp³-hybridized carbons (Fsp3) is 0.500. The lowest BCUT2D eigenvalue weighted by Gasteiger charge is -2.15. The summed E-state index contributed by atoms with van der Waals surface area (Å²) in [4.78, 5) is 11.2. The van der Waals surface area contributed by atoms with Gasteiger partial charge in [-0.1, -0.05) is 0 Å². The molecule has 0 bridgehead atoms. The van der Waals surface area contributed by atoms with E-state index in [9.17, 15) is 4.79 Å². The predicted octanol–water partition coefficient (Wildman–Crippen LogP) is -0.778. The molecule has 1 rings (SSSR count). The first kappa shape index (κ1) is 13.3. The van der Waals surface area contributed by atoms with Crippen LogP contribution in [0.1, 0.15) is 10.5 Å². The van der Waals surface area contributed by atoms with Gasteiger partial charge in [0.25, 0.3) is 5.91 Å². The van der Waals surface area contributed by atoms with E-state index in [1.807, 2.05) is 0 Å². The minimum Gasteiger partial charge on any atom is -0.383 e. The molecule has 1 atom stereocenters. The topological polar surface area (TPSA) is 102 Å². The van der Waals surface area contributed by atoms with E-state index in [4.69, 9.17) is 10.5 Å². The zero-order chi connectivity index (χ0) is 12.7. The molecule has 0 aliphatic heterocycles. The van der Waals surface area contributed by atoms with Crippen molar-refractivity contribution in [1.29, 1.82) is 0 Å². The highest BCUT2D eigenvalue weighted by molar-refractivity contribution is 5.91. The molecule has 7 heteroatoms. The Bertz CT molecular complexity index is 354. The van der Waals surface area contributed by atoms with E-state index in [0.717, 1.165) is 0 Å². The van der Waals surface area contributed by atoms with Crippen molar-refractivity contribution in [1.82, 2.24) is 15.5 Å². The minimum atomic E-state index is -0.267. The SMILES string of the molecule is CNC(=O)c1ccc(NC(CN)COC)nn1. The number of anilines is 1. The monoisotopic (exact) mass is 239 g/mol. The lowest BCUT2D eigenvalue weighted by atomic mass is 10.3. The summed E-state index contributed by atoms with van der Waals surface area (Å²) in [5, 5.41) is 13.2. The zero-order valence-electron chi connectivity index (χ0n) is 9.93. The highest BCUT2D eigenvalue weighted by Crippen LogP contribution is 2.03. The van der Waals surface area contributed by atoms with Crippen LogP contribution < -0.4 is 16.4 Å². The summed E-state index contributed by atoms with van der Waals surface area (Å²) in [7, 11) is 3.14. The van der Waals surface area contributed by atoms with Gasteiger partial charge >= 0.3 is 0 Å². The van der Waals surface area contributed by atoms with Gasteiger partial charge in [-0.15, -0.1) is 10.2 Å². The number of carbonyl (C=O) groups is 1. The fourth-order valence-corrected chi connectivity index (χ4v) is 1.24. The zero-order valence-corrected chi connectivity index (χ0v) is 9.93. The molecule has 1 heterocycles. The second-order valence-electron chi connectivity index (χ2n) is 3.42. The van der Waals surface area contributed by atoms with Crippen LogP contribution in [0.15, 0.2) is 12.1 Å². The van der Waals surface area contributed by atoms with Crippen LogP contribution >= 0.6 is 0 Å². The standard InChI is InChI=1S/C10H17N5O2/c1-12-10(16)8-3-4-9(15-14-8)13-7(5-11)6-17-2/h3-4,7H,5-6,11H2,1-2H3,(H,12,16)(H,13,15). The van der Waals surface area contributed by atoms with Gasteiger partial charge in [0, 0.05) is 20.7 Å². The summed E-state index contributed by atoms with van der Waals surface area (Å²) in [5.74, 6) is 0.293. The number of nitrogens with two attached hydrogens (primary N) is 1.